The molecular formula is C27H28N2O5. The minimum absolute atomic E-state index is 0.0601. The molecule has 34 heavy (non-hydrogen) atoms. The Morgan fingerprint density at radius 2 is 1.94 bits per heavy atom. The number of fused-ring (bicyclic) bond motifs is 1. The first kappa shape index (κ1) is 22.2. The number of nitrogens with zero attached hydrogens (tertiary/aromatic N) is 1. The summed E-state index contributed by atoms with van der Waals surface area (Å²) in [6.45, 7) is 2.90. The topological polar surface area (TPSA) is 78.9 Å². The smallest absolute Gasteiger partial charge is 0.236 e. The van der Waals surface area contributed by atoms with Crippen molar-refractivity contribution in [3.8, 4) is 17.2 Å². The van der Waals surface area contributed by atoms with E-state index in [0.717, 1.165) is 41.7 Å². The average Bonchev–Trinajstić information content (AvgIpc) is 3.56. The highest BCUT2D eigenvalue weighted by atomic mass is 16.7. The zero-order valence-electron chi connectivity index (χ0n) is 19.4. The molecule has 3 aromatic rings. The van der Waals surface area contributed by atoms with E-state index in [2.05, 4.69) is 17.2 Å². The van der Waals surface area contributed by atoms with Gasteiger partial charge in [-0.15, -0.1) is 0 Å². The molecule has 2 aromatic carbocycles. The van der Waals surface area contributed by atoms with Crippen molar-refractivity contribution in [3.05, 3.63) is 77.5 Å². The van der Waals surface area contributed by atoms with Crippen molar-refractivity contribution in [3.63, 3.8) is 0 Å². The fraction of sp³-hybridized carbons (Fsp3) is 0.333. The van der Waals surface area contributed by atoms with E-state index in [0.29, 0.717) is 23.9 Å². The molecule has 1 aliphatic heterocycles. The summed E-state index contributed by atoms with van der Waals surface area (Å²) in [7, 11) is 1.65. The Morgan fingerprint density at radius 3 is 2.68 bits per heavy atom. The summed E-state index contributed by atoms with van der Waals surface area (Å²) in [5, 5.41) is 2.99. The van der Waals surface area contributed by atoms with E-state index in [-0.39, 0.29) is 18.8 Å². The molecule has 1 aliphatic carbocycles. The van der Waals surface area contributed by atoms with Crippen LogP contribution in [0.5, 0.6) is 17.2 Å². The second kappa shape index (κ2) is 9.35. The van der Waals surface area contributed by atoms with Crippen LogP contribution >= 0.6 is 0 Å². The van der Waals surface area contributed by atoms with Gasteiger partial charge < -0.3 is 24.3 Å². The highest BCUT2D eigenvalue weighted by Gasteiger charge is 2.51. The number of anilines is 1. The fourth-order valence-corrected chi connectivity index (χ4v) is 4.32. The third-order valence-electron chi connectivity index (χ3n) is 6.35. The largest absolute Gasteiger partial charge is 0.496 e. The van der Waals surface area contributed by atoms with Gasteiger partial charge in [0, 0.05) is 23.9 Å². The molecule has 1 aromatic heterocycles. The first-order valence-corrected chi connectivity index (χ1v) is 11.6. The number of benzene rings is 2. The number of rotatable bonds is 9. The zero-order chi connectivity index (χ0) is 23.5. The zero-order valence-corrected chi connectivity index (χ0v) is 19.4. The molecule has 2 aliphatic rings. The molecule has 0 saturated heterocycles. The molecule has 7 nitrogen and oxygen atoms in total. The predicted octanol–water partition coefficient (Wildman–Crippen LogP) is 5.01. The van der Waals surface area contributed by atoms with Crippen molar-refractivity contribution in [2.45, 2.75) is 37.7 Å². The lowest BCUT2D eigenvalue weighted by molar-refractivity contribution is -0.118. The number of amides is 1. The summed E-state index contributed by atoms with van der Waals surface area (Å²) < 4.78 is 22.6. The van der Waals surface area contributed by atoms with E-state index in [9.17, 15) is 4.79 Å². The molecule has 1 fully saturated rings. The van der Waals surface area contributed by atoms with Gasteiger partial charge in [-0.2, -0.15) is 0 Å². The number of carbonyl (C=O) groups is 1. The summed E-state index contributed by atoms with van der Waals surface area (Å²) in [5.41, 5.74) is 2.23. The van der Waals surface area contributed by atoms with Gasteiger partial charge in [0.05, 0.1) is 12.5 Å². The number of nitrogens with one attached hydrogen (secondary N) is 1. The van der Waals surface area contributed by atoms with Gasteiger partial charge in [-0.1, -0.05) is 37.3 Å². The van der Waals surface area contributed by atoms with E-state index in [1.54, 1.807) is 13.3 Å². The number of hydrogen-bond donors (Lipinski definition) is 1. The lowest BCUT2D eigenvalue weighted by atomic mass is 9.94. The molecule has 0 bridgehead atoms. The molecule has 1 N–H and O–H groups in total. The van der Waals surface area contributed by atoms with Crippen LogP contribution in [0.3, 0.4) is 0 Å². The van der Waals surface area contributed by atoms with E-state index < -0.39 is 5.41 Å². The summed E-state index contributed by atoms with van der Waals surface area (Å²) >= 11 is 0. The van der Waals surface area contributed by atoms with Crippen molar-refractivity contribution < 1.29 is 23.7 Å². The first-order valence-electron chi connectivity index (χ1n) is 11.6. The van der Waals surface area contributed by atoms with Gasteiger partial charge >= 0.3 is 0 Å². The van der Waals surface area contributed by atoms with Crippen molar-refractivity contribution in [1.29, 1.82) is 0 Å². The van der Waals surface area contributed by atoms with Crippen molar-refractivity contribution in [2.75, 3.05) is 25.8 Å². The van der Waals surface area contributed by atoms with Crippen LogP contribution in [0.25, 0.3) is 0 Å². The maximum atomic E-state index is 13.2. The summed E-state index contributed by atoms with van der Waals surface area (Å²) in [4.78, 5) is 17.7. The van der Waals surface area contributed by atoms with Gasteiger partial charge in [0.15, 0.2) is 11.5 Å². The summed E-state index contributed by atoms with van der Waals surface area (Å²) in [5.74, 6) is 2.62. The number of ether oxygens (including phenoxy) is 4. The molecule has 1 atom stereocenters. The van der Waals surface area contributed by atoms with E-state index in [1.165, 1.54) is 0 Å². The van der Waals surface area contributed by atoms with Crippen LogP contribution in [-0.4, -0.2) is 31.4 Å². The Hall–Kier alpha value is -3.58. The van der Waals surface area contributed by atoms with Crippen LogP contribution in [-0.2, 0) is 14.9 Å². The van der Waals surface area contributed by atoms with Crippen LogP contribution in [0.1, 0.15) is 49.0 Å². The highest BCUT2D eigenvalue weighted by molar-refractivity contribution is 6.01. The standard InChI is InChI=1S/C27H28N2O5/c1-3-14-32-25(20-6-4-5-7-21(20)31-2)18-8-11-24(28-16-18)29-26(30)27(12-13-27)19-9-10-22-23(15-19)34-17-33-22/h4-11,15-16,25H,3,12-14,17H2,1-2H3,(H,28,29,30). The number of carbonyl (C=O) groups excluding carboxylic acids is 1. The Morgan fingerprint density at radius 1 is 1.12 bits per heavy atom. The minimum Gasteiger partial charge on any atom is -0.496 e. The van der Waals surface area contributed by atoms with Crippen molar-refractivity contribution in [1.82, 2.24) is 4.98 Å². The van der Waals surface area contributed by atoms with Crippen LogP contribution in [0, 0.1) is 0 Å². The van der Waals surface area contributed by atoms with Crippen LogP contribution < -0.4 is 19.5 Å². The SMILES string of the molecule is CCCOC(c1ccc(NC(=O)C2(c3ccc4c(c3)OCO4)CC2)nc1)c1ccccc1OC. The molecule has 1 amide bonds. The maximum Gasteiger partial charge on any atom is 0.236 e. The van der Waals surface area contributed by atoms with E-state index in [1.807, 2.05) is 54.6 Å². The maximum absolute atomic E-state index is 13.2. The lowest BCUT2D eigenvalue weighted by Crippen LogP contribution is -2.28. The van der Waals surface area contributed by atoms with E-state index >= 15 is 0 Å². The van der Waals surface area contributed by atoms with Gasteiger partial charge in [0.25, 0.3) is 0 Å². The van der Waals surface area contributed by atoms with Crippen LogP contribution in [0.4, 0.5) is 5.82 Å². The van der Waals surface area contributed by atoms with E-state index in [4.69, 9.17) is 18.9 Å². The third kappa shape index (κ3) is 4.19. The molecule has 0 spiro atoms. The normalized spacial score (nSPS) is 16.1. The monoisotopic (exact) mass is 460 g/mol. The molecule has 1 unspecified atom stereocenters. The third-order valence-corrected chi connectivity index (χ3v) is 6.35. The predicted molar refractivity (Wildman–Crippen MR) is 127 cm³/mol. The number of pyridine rings is 1. The highest BCUT2D eigenvalue weighted by Crippen LogP contribution is 2.51. The van der Waals surface area contributed by atoms with Gasteiger partial charge in [0.2, 0.25) is 12.7 Å². The number of para-hydroxylation sites is 1. The van der Waals surface area contributed by atoms with Gasteiger partial charge in [0.1, 0.15) is 17.7 Å². The van der Waals surface area contributed by atoms with Gasteiger partial charge in [-0.25, -0.2) is 4.98 Å². The van der Waals surface area contributed by atoms with Crippen molar-refractivity contribution in [2.24, 2.45) is 0 Å². The Kier molecular flexibility index (Phi) is 6.11. The Labute approximate surface area is 199 Å². The summed E-state index contributed by atoms with van der Waals surface area (Å²) in [6, 6.07) is 17.3. The van der Waals surface area contributed by atoms with Crippen molar-refractivity contribution >= 4 is 11.7 Å². The van der Waals surface area contributed by atoms with Gasteiger partial charge in [-0.05, 0) is 49.1 Å². The molecule has 5 rings (SSSR count). The molecular weight excluding hydrogens is 432 g/mol. The first-order chi connectivity index (χ1) is 16.6. The van der Waals surface area contributed by atoms with Crippen LogP contribution in [0.2, 0.25) is 0 Å². The molecule has 1 saturated carbocycles. The van der Waals surface area contributed by atoms with Gasteiger partial charge in [-0.3, -0.25) is 4.79 Å². The Bertz CT molecular complexity index is 1170. The molecule has 0 radical (unpaired) electrons. The summed E-state index contributed by atoms with van der Waals surface area (Å²) in [6.07, 6.45) is 3.92. The average molecular weight is 461 g/mol. The fourth-order valence-electron chi connectivity index (χ4n) is 4.32. The second-order valence-electron chi connectivity index (χ2n) is 8.57. The molecule has 2 heterocycles. The second-order valence-corrected chi connectivity index (χ2v) is 8.57. The number of hydrogen-bond acceptors (Lipinski definition) is 6. The molecule has 7 heteroatoms. The minimum atomic E-state index is -0.550. The quantitative estimate of drug-likeness (QED) is 0.484. The number of methoxy groups -OCH3 is 1. The number of aromatic nitrogens is 1. The lowest BCUT2D eigenvalue weighted by Gasteiger charge is -2.21. The molecule has 176 valence electrons. The van der Waals surface area contributed by atoms with Crippen LogP contribution in [0.15, 0.2) is 60.8 Å². The Balaban J connectivity index is 1.33.